The molecule has 0 aromatic carbocycles. The molecule has 0 saturated heterocycles. The maximum absolute atomic E-state index is 13.3. The monoisotopic (exact) mass is 350 g/mol. The van der Waals surface area contributed by atoms with Gasteiger partial charge in [0.2, 0.25) is 0 Å². The van der Waals surface area contributed by atoms with Crippen molar-refractivity contribution in [3.8, 4) is 0 Å². The van der Waals surface area contributed by atoms with Crippen LogP contribution in [0.3, 0.4) is 0 Å². The van der Waals surface area contributed by atoms with Gasteiger partial charge in [-0.15, -0.1) is 0 Å². The average Bonchev–Trinajstić information content (AvgIpc) is 2.21. The molecule has 1 nitrogen and oxygen atoms in total. The molecule has 21 heavy (non-hydrogen) atoms. The average molecular weight is 350 g/mol. The second kappa shape index (κ2) is 4.78. The third-order valence-electron chi connectivity index (χ3n) is 2.27. The quantitative estimate of drug-likeness (QED) is 0.689. The lowest BCUT2D eigenvalue weighted by molar-refractivity contribution is -0.477. The van der Waals surface area contributed by atoms with Crippen molar-refractivity contribution in [1.82, 2.24) is 0 Å². The molecule has 0 aromatic rings. The van der Waals surface area contributed by atoms with Crippen molar-refractivity contribution in [2.75, 3.05) is 7.11 Å². The van der Waals surface area contributed by atoms with E-state index in [-0.39, 0.29) is 0 Å². The fourth-order valence-corrected chi connectivity index (χ4v) is 1.21. The Kier molecular flexibility index (Phi) is 4.56. The summed E-state index contributed by atoms with van der Waals surface area (Å²) in [5, 5.41) is 0. The molecule has 128 valence electrons. The lowest BCUT2D eigenvalue weighted by atomic mass is 9.87. The van der Waals surface area contributed by atoms with E-state index in [1.165, 1.54) is 0 Å². The molecule has 14 heteroatoms. The van der Waals surface area contributed by atoms with Crippen molar-refractivity contribution in [3.63, 3.8) is 0 Å². The van der Waals surface area contributed by atoms with Gasteiger partial charge in [0.25, 0.3) is 0 Å². The Morgan fingerprint density at radius 2 is 0.857 bits per heavy atom. The number of alkyl halides is 13. The molecule has 2 unspecified atom stereocenters. The number of methoxy groups -OCH3 is 1. The summed E-state index contributed by atoms with van der Waals surface area (Å²) in [4.78, 5) is 0. The zero-order chi connectivity index (χ0) is 17.7. The van der Waals surface area contributed by atoms with Crippen LogP contribution < -0.4 is 0 Å². The van der Waals surface area contributed by atoms with Gasteiger partial charge in [0.15, 0.2) is 0 Å². The molecule has 0 radical (unpaired) electrons. The van der Waals surface area contributed by atoms with Crippen molar-refractivity contribution in [2.24, 2.45) is 0 Å². The lowest BCUT2D eigenvalue weighted by Gasteiger charge is -2.43. The smallest absolute Gasteiger partial charge is 0.339 e. The van der Waals surface area contributed by atoms with Crippen molar-refractivity contribution < 1.29 is 61.8 Å². The van der Waals surface area contributed by atoms with Crippen LogP contribution in [-0.2, 0) is 4.74 Å². The highest BCUT2D eigenvalue weighted by Crippen LogP contribution is 2.62. The number of rotatable bonds is 3. The minimum absolute atomic E-state index is 0.653. The maximum atomic E-state index is 13.3. The number of ether oxygens (including phenoxy) is 1. The van der Waals surface area contributed by atoms with Gasteiger partial charge in [-0.3, -0.25) is 0 Å². The summed E-state index contributed by atoms with van der Waals surface area (Å²) in [6.45, 7) is 0. The molecule has 0 fully saturated rings. The molecule has 0 aliphatic rings. The highest BCUT2D eigenvalue weighted by atomic mass is 19.4. The van der Waals surface area contributed by atoms with Crippen LogP contribution in [0.4, 0.5) is 57.1 Å². The molecule has 0 spiro atoms. The predicted octanol–water partition coefficient (Wildman–Crippen LogP) is 4.33. The van der Waals surface area contributed by atoms with Gasteiger partial charge in [-0.25, -0.2) is 4.39 Å². The van der Waals surface area contributed by atoms with Crippen molar-refractivity contribution >= 4 is 0 Å². The van der Waals surface area contributed by atoms with Gasteiger partial charge < -0.3 is 4.74 Å². The first-order chi connectivity index (χ1) is 8.81. The third kappa shape index (κ3) is 2.50. The van der Waals surface area contributed by atoms with Crippen molar-refractivity contribution in [2.45, 2.75) is 36.0 Å². The summed E-state index contributed by atoms with van der Waals surface area (Å²) in [6, 6.07) is 0. The van der Waals surface area contributed by atoms with Crippen molar-refractivity contribution in [3.05, 3.63) is 0 Å². The molecule has 0 aromatic heterocycles. The first kappa shape index (κ1) is 20.1. The predicted molar refractivity (Wildman–Crippen MR) is 37.8 cm³/mol. The maximum Gasteiger partial charge on any atom is 0.457 e. The summed E-state index contributed by atoms with van der Waals surface area (Å²) in [5.74, 6) is -14.8. The second-order valence-corrected chi connectivity index (χ2v) is 3.53. The number of hydrogen-bond donors (Lipinski definition) is 0. The molecular weight excluding hydrogens is 347 g/mol. The summed E-state index contributed by atoms with van der Waals surface area (Å²) < 4.78 is 163. The van der Waals surface area contributed by atoms with E-state index < -0.39 is 43.1 Å². The van der Waals surface area contributed by atoms with Crippen LogP contribution in [0, 0.1) is 0 Å². The minimum atomic E-state index is -7.79. The van der Waals surface area contributed by atoms with Crippen LogP contribution in [0.5, 0.6) is 0 Å². The fourth-order valence-electron chi connectivity index (χ4n) is 1.21. The van der Waals surface area contributed by atoms with Crippen LogP contribution in [0.2, 0.25) is 0 Å². The van der Waals surface area contributed by atoms with Gasteiger partial charge in [0.05, 0.1) is 0 Å². The summed E-state index contributed by atoms with van der Waals surface area (Å²) in [7, 11) is -0.653. The summed E-state index contributed by atoms with van der Waals surface area (Å²) in [5.41, 5.74) is -7.77. The van der Waals surface area contributed by atoms with Gasteiger partial charge >= 0.3 is 36.0 Å². The molecular formula is C7H3F13O. The van der Waals surface area contributed by atoms with E-state index in [2.05, 4.69) is 4.74 Å². The van der Waals surface area contributed by atoms with Gasteiger partial charge in [-0.05, 0) is 0 Å². The Hall–Kier alpha value is -0.950. The summed E-state index contributed by atoms with van der Waals surface area (Å²) in [6.07, 6.45) is -22.3. The first-order valence-corrected chi connectivity index (χ1v) is 4.32. The molecule has 0 N–H and O–H groups in total. The van der Waals surface area contributed by atoms with Gasteiger partial charge in [-0.2, -0.15) is 52.7 Å². The highest BCUT2D eigenvalue weighted by Gasteiger charge is 2.94. The van der Waals surface area contributed by atoms with E-state index in [1.54, 1.807) is 0 Å². The SMILES string of the molecule is COC(F)(C(F)(F)F)C(F)(C(F)(F)F)C(F)(F)C(F)(F)F. The van der Waals surface area contributed by atoms with E-state index in [0.29, 0.717) is 0 Å². The topological polar surface area (TPSA) is 9.23 Å². The van der Waals surface area contributed by atoms with Gasteiger partial charge in [0.1, 0.15) is 0 Å². The number of halogens is 13. The Labute approximate surface area is 106 Å². The number of hydrogen-bond acceptors (Lipinski definition) is 1. The van der Waals surface area contributed by atoms with E-state index >= 15 is 0 Å². The molecule has 0 aliphatic carbocycles. The second-order valence-electron chi connectivity index (χ2n) is 3.53. The van der Waals surface area contributed by atoms with E-state index in [0.717, 1.165) is 0 Å². The van der Waals surface area contributed by atoms with E-state index in [9.17, 15) is 57.1 Å². The molecule has 2 atom stereocenters. The van der Waals surface area contributed by atoms with E-state index in [1.807, 2.05) is 0 Å². The molecule has 0 rings (SSSR count). The molecule has 0 bridgehead atoms. The normalized spacial score (nSPS) is 20.9. The minimum Gasteiger partial charge on any atom is -0.339 e. The fraction of sp³-hybridized carbons (Fsp3) is 1.00. The van der Waals surface area contributed by atoms with Gasteiger partial charge in [0, 0.05) is 7.11 Å². The van der Waals surface area contributed by atoms with Crippen LogP contribution >= 0.6 is 0 Å². The van der Waals surface area contributed by atoms with Crippen LogP contribution in [0.25, 0.3) is 0 Å². The Balaban J connectivity index is 6.67. The molecule has 0 aliphatic heterocycles. The van der Waals surface area contributed by atoms with Gasteiger partial charge in [-0.1, -0.05) is 0 Å². The molecule has 0 amide bonds. The van der Waals surface area contributed by atoms with E-state index in [4.69, 9.17) is 0 Å². The highest BCUT2D eigenvalue weighted by molar-refractivity contribution is 5.14. The van der Waals surface area contributed by atoms with Crippen LogP contribution in [0.15, 0.2) is 0 Å². The Bertz CT molecular complexity index is 377. The zero-order valence-corrected chi connectivity index (χ0v) is 9.32. The van der Waals surface area contributed by atoms with Crippen LogP contribution in [-0.4, -0.2) is 43.1 Å². The molecule has 0 saturated carbocycles. The molecule has 0 heterocycles. The largest absolute Gasteiger partial charge is 0.457 e. The van der Waals surface area contributed by atoms with Crippen molar-refractivity contribution in [1.29, 1.82) is 0 Å². The zero-order valence-electron chi connectivity index (χ0n) is 9.32. The van der Waals surface area contributed by atoms with Crippen LogP contribution in [0.1, 0.15) is 0 Å². The summed E-state index contributed by atoms with van der Waals surface area (Å²) >= 11 is 0. The Morgan fingerprint density at radius 1 is 0.524 bits per heavy atom. The third-order valence-corrected chi connectivity index (χ3v) is 2.27. The Morgan fingerprint density at radius 3 is 1.00 bits per heavy atom. The lowest BCUT2D eigenvalue weighted by Crippen LogP contribution is -2.76. The first-order valence-electron chi connectivity index (χ1n) is 4.32. The standard InChI is InChI=1S/C7H3F13O/c1-21-4(11,7(18,19)20)2(8,5(12,13)14)3(9,10)6(15,16)17/h1H3.